The summed E-state index contributed by atoms with van der Waals surface area (Å²) in [6.07, 6.45) is 2.96. The van der Waals surface area contributed by atoms with Crippen LogP contribution in [0.25, 0.3) is 0 Å². The Kier molecular flexibility index (Phi) is 19.1. The summed E-state index contributed by atoms with van der Waals surface area (Å²) in [6.45, 7) is 20.3. The monoisotopic (exact) mass is 239 g/mol. The fourth-order valence-electron chi connectivity index (χ4n) is 1.48. The van der Waals surface area contributed by atoms with Crippen molar-refractivity contribution >= 4 is 5.71 Å². The van der Waals surface area contributed by atoms with Crippen LogP contribution in [0.4, 0.5) is 0 Å². The highest BCUT2D eigenvalue weighted by Gasteiger charge is 2.07. The second kappa shape index (κ2) is 15.1. The van der Waals surface area contributed by atoms with E-state index < -0.39 is 0 Å². The highest BCUT2D eigenvalue weighted by molar-refractivity contribution is 5.99. The predicted octanol–water partition coefficient (Wildman–Crippen LogP) is 5.68. The summed E-state index contributed by atoms with van der Waals surface area (Å²) in [5.41, 5.74) is 3.94. The standard InChI is InChI=1S/C10H19N.C4H8.C2H6/c1-7(2)10(8(3)4)9(5)11-6;1-3-4-2;1-2/h7H,1-6H3;3H,1,4H2,2H3;1-2H3. The van der Waals surface area contributed by atoms with E-state index in [4.69, 9.17) is 0 Å². The number of nitrogens with zero attached hydrogens (tertiary/aromatic N) is 1. The van der Waals surface area contributed by atoms with E-state index >= 15 is 0 Å². The van der Waals surface area contributed by atoms with Crippen LogP contribution < -0.4 is 0 Å². The first-order chi connectivity index (χ1) is 7.92. The van der Waals surface area contributed by atoms with Crippen molar-refractivity contribution < 1.29 is 0 Å². The first kappa shape index (κ1) is 21.4. The van der Waals surface area contributed by atoms with E-state index in [0.29, 0.717) is 5.92 Å². The lowest BCUT2D eigenvalue weighted by Crippen LogP contribution is -2.06. The molecule has 0 bridgehead atoms. The molecule has 0 amide bonds. The second-order valence-electron chi connectivity index (χ2n) is 4.07. The van der Waals surface area contributed by atoms with Gasteiger partial charge in [-0.25, -0.2) is 0 Å². The molecular weight excluding hydrogens is 206 g/mol. The Labute approximate surface area is 110 Å². The fourth-order valence-corrected chi connectivity index (χ4v) is 1.48. The molecule has 17 heavy (non-hydrogen) atoms. The van der Waals surface area contributed by atoms with Crippen LogP contribution in [-0.2, 0) is 0 Å². The SMILES string of the molecule is C=CCC.CC.CN=C(C)C(=C(C)C)C(C)C. The average Bonchev–Trinajstić information content (AvgIpc) is 2.30. The molecule has 0 aliphatic carbocycles. The maximum absolute atomic E-state index is 4.19. The molecule has 0 unspecified atom stereocenters. The quantitative estimate of drug-likeness (QED) is 0.444. The molecule has 0 saturated heterocycles. The number of aliphatic imine (C=N–C) groups is 1. The van der Waals surface area contributed by atoms with Crippen LogP contribution in [0.3, 0.4) is 0 Å². The predicted molar refractivity (Wildman–Crippen MR) is 84.1 cm³/mol. The molecule has 0 aromatic heterocycles. The van der Waals surface area contributed by atoms with Gasteiger partial charge in [0.2, 0.25) is 0 Å². The van der Waals surface area contributed by atoms with Gasteiger partial charge in [0.15, 0.2) is 0 Å². The third-order valence-electron chi connectivity index (χ3n) is 2.13. The first-order valence-corrected chi connectivity index (χ1v) is 6.64. The molecule has 0 aliphatic rings. The van der Waals surface area contributed by atoms with Crippen molar-refractivity contribution in [1.29, 1.82) is 0 Å². The van der Waals surface area contributed by atoms with Crippen molar-refractivity contribution in [3.05, 3.63) is 23.8 Å². The van der Waals surface area contributed by atoms with Gasteiger partial charge in [-0.2, -0.15) is 0 Å². The molecule has 0 rings (SSSR count). The number of allylic oxidation sites excluding steroid dienone is 3. The molecule has 0 atom stereocenters. The van der Waals surface area contributed by atoms with Gasteiger partial charge in [0.25, 0.3) is 0 Å². The number of hydrogen-bond acceptors (Lipinski definition) is 1. The smallest absolute Gasteiger partial charge is 0.0347 e. The van der Waals surface area contributed by atoms with Gasteiger partial charge < -0.3 is 0 Å². The molecule has 0 aromatic carbocycles. The Bertz CT molecular complexity index is 228. The Morgan fingerprint density at radius 3 is 1.59 bits per heavy atom. The summed E-state index contributed by atoms with van der Waals surface area (Å²) in [6, 6.07) is 0. The van der Waals surface area contributed by atoms with Crippen molar-refractivity contribution in [3.63, 3.8) is 0 Å². The van der Waals surface area contributed by atoms with Gasteiger partial charge >= 0.3 is 0 Å². The Balaban J connectivity index is -0.000000275. The molecule has 1 nitrogen and oxygen atoms in total. The zero-order valence-electron chi connectivity index (χ0n) is 13.5. The van der Waals surface area contributed by atoms with E-state index in [2.05, 4.69) is 53.1 Å². The van der Waals surface area contributed by atoms with Crippen molar-refractivity contribution in [2.75, 3.05) is 7.05 Å². The molecule has 0 fully saturated rings. The first-order valence-electron chi connectivity index (χ1n) is 6.64. The molecule has 0 heterocycles. The molecular formula is C16H33N. The highest BCUT2D eigenvalue weighted by Crippen LogP contribution is 2.15. The molecule has 0 N–H and O–H groups in total. The molecule has 1 heteroatoms. The Morgan fingerprint density at radius 1 is 1.18 bits per heavy atom. The maximum atomic E-state index is 4.19. The van der Waals surface area contributed by atoms with Gasteiger partial charge in [-0.1, -0.05) is 46.3 Å². The summed E-state index contributed by atoms with van der Waals surface area (Å²) in [7, 11) is 1.85. The molecule has 102 valence electrons. The average molecular weight is 239 g/mol. The third-order valence-corrected chi connectivity index (χ3v) is 2.13. The lowest BCUT2D eigenvalue weighted by atomic mass is 9.95. The minimum Gasteiger partial charge on any atom is -0.293 e. The summed E-state index contributed by atoms with van der Waals surface area (Å²) < 4.78 is 0. The highest BCUT2D eigenvalue weighted by atomic mass is 14.7. The van der Waals surface area contributed by atoms with Crippen LogP contribution in [-0.4, -0.2) is 12.8 Å². The van der Waals surface area contributed by atoms with E-state index in [9.17, 15) is 0 Å². The number of hydrogen-bond donors (Lipinski definition) is 0. The van der Waals surface area contributed by atoms with E-state index in [1.807, 2.05) is 27.0 Å². The summed E-state index contributed by atoms with van der Waals surface area (Å²) >= 11 is 0. The van der Waals surface area contributed by atoms with Gasteiger partial charge in [-0.05, 0) is 38.7 Å². The summed E-state index contributed by atoms with van der Waals surface area (Å²) in [5.74, 6) is 0.587. The zero-order chi connectivity index (χ0) is 14.4. The van der Waals surface area contributed by atoms with Crippen LogP contribution in [0.1, 0.15) is 61.8 Å². The largest absolute Gasteiger partial charge is 0.293 e. The maximum Gasteiger partial charge on any atom is 0.0347 e. The van der Waals surface area contributed by atoms with Gasteiger partial charge in [-0.3, -0.25) is 4.99 Å². The molecule has 0 saturated carbocycles. The van der Waals surface area contributed by atoms with Crippen molar-refractivity contribution in [2.45, 2.75) is 61.8 Å². The van der Waals surface area contributed by atoms with E-state index in [0.717, 1.165) is 6.42 Å². The second-order valence-corrected chi connectivity index (χ2v) is 4.07. The van der Waals surface area contributed by atoms with Crippen LogP contribution in [0, 0.1) is 5.92 Å². The van der Waals surface area contributed by atoms with E-state index in [-0.39, 0.29) is 0 Å². The third kappa shape index (κ3) is 13.1. The van der Waals surface area contributed by atoms with Crippen molar-refractivity contribution in [2.24, 2.45) is 10.9 Å². The van der Waals surface area contributed by atoms with Crippen LogP contribution in [0.15, 0.2) is 28.8 Å². The van der Waals surface area contributed by atoms with Crippen LogP contribution >= 0.6 is 0 Å². The topological polar surface area (TPSA) is 12.4 Å². The normalized spacial score (nSPS) is 9.65. The zero-order valence-corrected chi connectivity index (χ0v) is 13.5. The minimum atomic E-state index is 0.587. The van der Waals surface area contributed by atoms with Gasteiger partial charge in [0.05, 0.1) is 0 Å². The van der Waals surface area contributed by atoms with E-state index in [1.54, 1.807) is 0 Å². The van der Waals surface area contributed by atoms with Crippen LogP contribution in [0.5, 0.6) is 0 Å². The summed E-state index contributed by atoms with van der Waals surface area (Å²) in [4.78, 5) is 4.19. The molecule has 0 radical (unpaired) electrons. The Morgan fingerprint density at radius 2 is 1.53 bits per heavy atom. The number of rotatable bonds is 3. The van der Waals surface area contributed by atoms with Crippen molar-refractivity contribution in [3.8, 4) is 0 Å². The fraction of sp³-hybridized carbons (Fsp3) is 0.688. The summed E-state index contributed by atoms with van der Waals surface area (Å²) in [5, 5.41) is 0. The Hall–Kier alpha value is -0.850. The van der Waals surface area contributed by atoms with Crippen LogP contribution in [0.2, 0.25) is 0 Å². The van der Waals surface area contributed by atoms with E-state index in [1.165, 1.54) is 16.9 Å². The lowest BCUT2D eigenvalue weighted by Gasteiger charge is -2.12. The molecule has 0 spiro atoms. The minimum absolute atomic E-state index is 0.587. The van der Waals surface area contributed by atoms with Gasteiger partial charge in [0, 0.05) is 12.8 Å². The van der Waals surface area contributed by atoms with Crippen molar-refractivity contribution in [1.82, 2.24) is 0 Å². The molecule has 0 aliphatic heterocycles. The molecule has 0 aromatic rings. The van der Waals surface area contributed by atoms with Gasteiger partial charge in [-0.15, -0.1) is 6.58 Å². The lowest BCUT2D eigenvalue weighted by molar-refractivity contribution is 0.789. The van der Waals surface area contributed by atoms with Gasteiger partial charge in [0.1, 0.15) is 0 Å².